The molecule has 0 unspecified atom stereocenters. The maximum atomic E-state index is 11.1. The van der Waals surface area contributed by atoms with Crippen LogP contribution in [0.2, 0.25) is 0 Å². The SMILES string of the molecule is CCOC(=O)/C=C1\CCC[C@@H]2O[C@H]12. The fraction of sp³-hybridized carbons (Fsp3) is 0.700. The smallest absolute Gasteiger partial charge is 0.330 e. The van der Waals surface area contributed by atoms with Gasteiger partial charge in [0.05, 0.1) is 12.7 Å². The van der Waals surface area contributed by atoms with E-state index in [1.807, 2.05) is 6.92 Å². The molecule has 2 rings (SSSR count). The summed E-state index contributed by atoms with van der Waals surface area (Å²) in [6.45, 7) is 2.26. The molecule has 1 heterocycles. The minimum atomic E-state index is -0.228. The van der Waals surface area contributed by atoms with Crippen LogP contribution in [0.3, 0.4) is 0 Å². The van der Waals surface area contributed by atoms with Crippen LogP contribution in [0.4, 0.5) is 0 Å². The minimum absolute atomic E-state index is 0.228. The Labute approximate surface area is 77.7 Å². The van der Waals surface area contributed by atoms with E-state index in [-0.39, 0.29) is 12.1 Å². The van der Waals surface area contributed by atoms with E-state index in [9.17, 15) is 4.79 Å². The molecule has 0 N–H and O–H groups in total. The summed E-state index contributed by atoms with van der Waals surface area (Å²) in [4.78, 5) is 11.1. The first-order valence-corrected chi connectivity index (χ1v) is 4.84. The zero-order chi connectivity index (χ0) is 9.26. The Morgan fingerprint density at radius 2 is 2.62 bits per heavy atom. The molecule has 0 aromatic rings. The summed E-state index contributed by atoms with van der Waals surface area (Å²) in [7, 11) is 0. The van der Waals surface area contributed by atoms with Crippen LogP contribution in [0.1, 0.15) is 26.2 Å². The van der Waals surface area contributed by atoms with Crippen LogP contribution in [0, 0.1) is 0 Å². The topological polar surface area (TPSA) is 38.8 Å². The lowest BCUT2D eigenvalue weighted by atomic mass is 9.95. The molecule has 1 saturated heterocycles. The first kappa shape index (κ1) is 8.75. The van der Waals surface area contributed by atoms with Crippen molar-refractivity contribution >= 4 is 5.97 Å². The molecule has 1 saturated carbocycles. The Morgan fingerprint density at radius 1 is 1.77 bits per heavy atom. The van der Waals surface area contributed by atoms with Crippen molar-refractivity contribution in [2.45, 2.75) is 38.4 Å². The molecule has 13 heavy (non-hydrogen) atoms. The van der Waals surface area contributed by atoms with Gasteiger partial charge in [0, 0.05) is 6.08 Å². The zero-order valence-electron chi connectivity index (χ0n) is 7.79. The number of hydrogen-bond acceptors (Lipinski definition) is 3. The van der Waals surface area contributed by atoms with E-state index in [1.165, 1.54) is 0 Å². The highest BCUT2D eigenvalue weighted by Crippen LogP contribution is 2.40. The molecule has 1 aliphatic heterocycles. The van der Waals surface area contributed by atoms with Crippen LogP contribution in [0.15, 0.2) is 11.6 Å². The zero-order valence-corrected chi connectivity index (χ0v) is 7.79. The van der Waals surface area contributed by atoms with Crippen LogP contribution >= 0.6 is 0 Å². The largest absolute Gasteiger partial charge is 0.463 e. The average molecular weight is 182 g/mol. The van der Waals surface area contributed by atoms with Crippen LogP contribution in [0.25, 0.3) is 0 Å². The van der Waals surface area contributed by atoms with Gasteiger partial charge in [-0.25, -0.2) is 4.79 Å². The third-order valence-corrected chi connectivity index (χ3v) is 2.49. The molecule has 72 valence electrons. The summed E-state index contributed by atoms with van der Waals surface area (Å²) in [6, 6.07) is 0. The molecule has 0 aromatic carbocycles. The molecule has 0 aromatic heterocycles. The number of ether oxygens (including phenoxy) is 2. The lowest BCUT2D eigenvalue weighted by molar-refractivity contribution is -0.137. The number of hydrogen-bond donors (Lipinski definition) is 0. The summed E-state index contributed by atoms with van der Waals surface area (Å²) in [6.07, 6.45) is 5.50. The summed E-state index contributed by atoms with van der Waals surface area (Å²) in [5, 5.41) is 0. The summed E-state index contributed by atoms with van der Waals surface area (Å²) in [5.41, 5.74) is 1.12. The van der Waals surface area contributed by atoms with Crippen molar-refractivity contribution < 1.29 is 14.3 Å². The molecule has 3 nitrogen and oxygen atoms in total. The standard InChI is InChI=1S/C10H14O3/c1-2-12-9(11)6-7-4-3-5-8-10(7)13-8/h6,8,10H,2-5H2,1H3/b7-6+/t8-,10+/m0/s1. The van der Waals surface area contributed by atoms with Gasteiger partial charge in [-0.15, -0.1) is 0 Å². The molecule has 0 amide bonds. The van der Waals surface area contributed by atoms with Crippen molar-refractivity contribution in [3.8, 4) is 0 Å². The Kier molecular flexibility index (Phi) is 2.36. The van der Waals surface area contributed by atoms with Crippen molar-refractivity contribution in [1.82, 2.24) is 0 Å². The molecule has 2 fully saturated rings. The first-order valence-electron chi connectivity index (χ1n) is 4.84. The minimum Gasteiger partial charge on any atom is -0.463 e. The number of rotatable bonds is 2. The summed E-state index contributed by atoms with van der Waals surface area (Å²) < 4.78 is 10.2. The monoisotopic (exact) mass is 182 g/mol. The van der Waals surface area contributed by atoms with Gasteiger partial charge in [-0.05, 0) is 31.8 Å². The number of fused-ring (bicyclic) bond motifs is 1. The quantitative estimate of drug-likeness (QED) is 0.368. The van der Waals surface area contributed by atoms with Crippen LogP contribution in [0.5, 0.6) is 0 Å². The van der Waals surface area contributed by atoms with Crippen LogP contribution in [-0.4, -0.2) is 24.8 Å². The Hall–Kier alpha value is -0.830. The molecular weight excluding hydrogens is 168 g/mol. The van der Waals surface area contributed by atoms with E-state index in [1.54, 1.807) is 6.08 Å². The molecular formula is C10H14O3. The van der Waals surface area contributed by atoms with E-state index < -0.39 is 0 Å². The number of esters is 1. The van der Waals surface area contributed by atoms with Gasteiger partial charge in [-0.1, -0.05) is 0 Å². The fourth-order valence-corrected chi connectivity index (χ4v) is 1.83. The molecule has 0 spiro atoms. The summed E-state index contributed by atoms with van der Waals surface area (Å²) in [5.74, 6) is -0.228. The predicted molar refractivity (Wildman–Crippen MR) is 47.2 cm³/mol. The van der Waals surface area contributed by atoms with Gasteiger partial charge in [0.1, 0.15) is 6.10 Å². The molecule has 0 bridgehead atoms. The Morgan fingerprint density at radius 3 is 3.38 bits per heavy atom. The van der Waals surface area contributed by atoms with E-state index in [0.29, 0.717) is 12.7 Å². The van der Waals surface area contributed by atoms with Crippen molar-refractivity contribution in [3.63, 3.8) is 0 Å². The average Bonchev–Trinajstić information content (AvgIpc) is 2.84. The Bertz CT molecular complexity index is 245. The van der Waals surface area contributed by atoms with Gasteiger partial charge in [-0.2, -0.15) is 0 Å². The highest BCUT2D eigenvalue weighted by Gasteiger charge is 2.43. The van der Waals surface area contributed by atoms with Crippen LogP contribution in [-0.2, 0) is 14.3 Å². The third kappa shape index (κ3) is 1.91. The second-order valence-electron chi connectivity index (χ2n) is 3.46. The van der Waals surface area contributed by atoms with E-state index in [4.69, 9.17) is 9.47 Å². The van der Waals surface area contributed by atoms with Gasteiger partial charge in [0.15, 0.2) is 0 Å². The van der Waals surface area contributed by atoms with Crippen molar-refractivity contribution in [3.05, 3.63) is 11.6 Å². The van der Waals surface area contributed by atoms with Gasteiger partial charge in [-0.3, -0.25) is 0 Å². The maximum absolute atomic E-state index is 11.1. The number of carbonyl (C=O) groups excluding carboxylic acids is 1. The predicted octanol–water partition coefficient (Wildman–Crippen LogP) is 1.43. The molecule has 0 radical (unpaired) electrons. The highest BCUT2D eigenvalue weighted by atomic mass is 16.6. The second kappa shape index (κ2) is 3.50. The molecule has 2 aliphatic rings. The highest BCUT2D eigenvalue weighted by molar-refractivity contribution is 5.83. The fourth-order valence-electron chi connectivity index (χ4n) is 1.83. The van der Waals surface area contributed by atoms with E-state index >= 15 is 0 Å². The summed E-state index contributed by atoms with van der Waals surface area (Å²) >= 11 is 0. The van der Waals surface area contributed by atoms with Gasteiger partial charge in [0.2, 0.25) is 0 Å². The van der Waals surface area contributed by atoms with Gasteiger partial charge < -0.3 is 9.47 Å². The number of epoxide rings is 1. The van der Waals surface area contributed by atoms with Gasteiger partial charge >= 0.3 is 5.97 Å². The normalized spacial score (nSPS) is 34.1. The second-order valence-corrected chi connectivity index (χ2v) is 3.46. The van der Waals surface area contributed by atoms with Crippen LogP contribution < -0.4 is 0 Å². The third-order valence-electron chi connectivity index (χ3n) is 2.49. The molecule has 2 atom stereocenters. The molecule has 3 heteroatoms. The van der Waals surface area contributed by atoms with Crippen molar-refractivity contribution in [1.29, 1.82) is 0 Å². The number of carbonyl (C=O) groups is 1. The lowest BCUT2D eigenvalue weighted by Crippen LogP contribution is -2.09. The Balaban J connectivity index is 1.95. The molecule has 1 aliphatic carbocycles. The lowest BCUT2D eigenvalue weighted by Gasteiger charge is -2.08. The van der Waals surface area contributed by atoms with Gasteiger partial charge in [0.25, 0.3) is 0 Å². The van der Waals surface area contributed by atoms with E-state index in [0.717, 1.165) is 24.8 Å². The maximum Gasteiger partial charge on any atom is 0.330 e. The van der Waals surface area contributed by atoms with E-state index in [2.05, 4.69) is 0 Å². The van der Waals surface area contributed by atoms with Crippen molar-refractivity contribution in [2.24, 2.45) is 0 Å². The first-order chi connectivity index (χ1) is 6.31. The van der Waals surface area contributed by atoms with Crippen molar-refractivity contribution in [2.75, 3.05) is 6.61 Å².